The van der Waals surface area contributed by atoms with E-state index >= 15 is 0 Å². The first-order chi connectivity index (χ1) is 13.6. The minimum atomic E-state index is -3.82. The van der Waals surface area contributed by atoms with Crippen molar-refractivity contribution in [1.29, 1.82) is 0 Å². The van der Waals surface area contributed by atoms with Gasteiger partial charge in [-0.25, -0.2) is 8.42 Å². The van der Waals surface area contributed by atoms with Gasteiger partial charge in [-0.2, -0.15) is 0 Å². The molecule has 1 N–H and O–H groups in total. The van der Waals surface area contributed by atoms with Crippen molar-refractivity contribution in [3.63, 3.8) is 0 Å². The predicted octanol–water partition coefficient (Wildman–Crippen LogP) is 2.17. The molecule has 9 nitrogen and oxygen atoms in total. The molecule has 0 spiro atoms. The Kier molecular flexibility index (Phi) is 7.16. The first kappa shape index (κ1) is 22.2. The maximum absolute atomic E-state index is 12.2. The van der Waals surface area contributed by atoms with E-state index in [4.69, 9.17) is 4.74 Å². The Hall–Kier alpha value is -3.14. The maximum Gasteiger partial charge on any atom is 0.271 e. The van der Waals surface area contributed by atoms with Gasteiger partial charge in [-0.3, -0.25) is 19.2 Å². The summed E-state index contributed by atoms with van der Waals surface area (Å²) in [6, 6.07) is 10.9. The molecule has 2 rings (SSSR count). The number of sulfonamides is 1. The molecule has 0 saturated heterocycles. The van der Waals surface area contributed by atoms with Crippen LogP contribution < -0.4 is 14.4 Å². The Labute approximate surface area is 169 Å². The molecule has 0 aliphatic heterocycles. The van der Waals surface area contributed by atoms with Crippen LogP contribution in [0.1, 0.15) is 11.1 Å². The first-order valence-electron chi connectivity index (χ1n) is 8.77. The summed E-state index contributed by atoms with van der Waals surface area (Å²) in [7, 11) is -3.82. The zero-order valence-corrected chi connectivity index (χ0v) is 17.2. The smallest absolute Gasteiger partial charge is 0.271 e. The number of hydrogen-bond donors (Lipinski definition) is 1. The van der Waals surface area contributed by atoms with Crippen molar-refractivity contribution in [3.8, 4) is 5.75 Å². The van der Waals surface area contributed by atoms with Gasteiger partial charge in [0, 0.05) is 12.1 Å². The van der Waals surface area contributed by atoms with Crippen molar-refractivity contribution in [2.45, 2.75) is 13.8 Å². The SMILES string of the molecule is Cc1ccc(OCCNC(=O)CN(c2cccc([N+](=O)[O-])c2)S(C)(=O)=O)c(C)c1. The van der Waals surface area contributed by atoms with E-state index in [2.05, 4.69) is 5.32 Å². The number of nitrogens with zero attached hydrogens (tertiary/aromatic N) is 2. The largest absolute Gasteiger partial charge is 0.491 e. The van der Waals surface area contributed by atoms with Crippen LogP contribution in [-0.4, -0.2) is 45.2 Å². The molecular formula is C19H23N3O6S. The third-order valence-electron chi connectivity index (χ3n) is 4.03. The lowest BCUT2D eigenvalue weighted by atomic mass is 10.1. The van der Waals surface area contributed by atoms with Crippen LogP contribution in [0.15, 0.2) is 42.5 Å². The Morgan fingerprint density at radius 2 is 1.93 bits per heavy atom. The third kappa shape index (κ3) is 6.46. The number of aryl methyl sites for hydroxylation is 2. The van der Waals surface area contributed by atoms with Crippen molar-refractivity contribution in [1.82, 2.24) is 5.32 Å². The number of nitro benzene ring substituents is 1. The second-order valence-corrected chi connectivity index (χ2v) is 8.42. The molecule has 0 unspecified atom stereocenters. The molecule has 0 aliphatic rings. The van der Waals surface area contributed by atoms with Gasteiger partial charge in [0.2, 0.25) is 15.9 Å². The number of nitro groups is 1. The topological polar surface area (TPSA) is 119 Å². The minimum absolute atomic E-state index is 0.0448. The lowest BCUT2D eigenvalue weighted by Crippen LogP contribution is -2.41. The summed E-state index contributed by atoms with van der Waals surface area (Å²) in [5.41, 5.74) is 1.87. The number of hydrogen-bond acceptors (Lipinski definition) is 6. The molecule has 29 heavy (non-hydrogen) atoms. The summed E-state index contributed by atoms with van der Waals surface area (Å²) < 4.78 is 30.6. The number of ether oxygens (including phenoxy) is 1. The van der Waals surface area contributed by atoms with Crippen LogP contribution in [0, 0.1) is 24.0 Å². The van der Waals surface area contributed by atoms with Crippen molar-refractivity contribution in [2.24, 2.45) is 0 Å². The number of carbonyl (C=O) groups is 1. The molecule has 0 aliphatic carbocycles. The van der Waals surface area contributed by atoms with E-state index in [0.717, 1.165) is 27.8 Å². The Balaban J connectivity index is 1.97. The Morgan fingerprint density at radius 1 is 1.21 bits per heavy atom. The van der Waals surface area contributed by atoms with Crippen LogP contribution in [0.25, 0.3) is 0 Å². The Bertz CT molecular complexity index is 1010. The van der Waals surface area contributed by atoms with Gasteiger partial charge in [0.15, 0.2) is 0 Å². The zero-order chi connectivity index (χ0) is 21.6. The number of rotatable bonds is 9. The van der Waals surface area contributed by atoms with Crippen LogP contribution in [0.2, 0.25) is 0 Å². The van der Waals surface area contributed by atoms with Gasteiger partial charge < -0.3 is 10.1 Å². The van der Waals surface area contributed by atoms with E-state index in [1.165, 1.54) is 18.2 Å². The highest BCUT2D eigenvalue weighted by atomic mass is 32.2. The number of nitrogens with one attached hydrogen (secondary N) is 1. The molecular weight excluding hydrogens is 398 g/mol. The van der Waals surface area contributed by atoms with Crippen molar-refractivity contribution >= 4 is 27.3 Å². The fourth-order valence-electron chi connectivity index (χ4n) is 2.66. The van der Waals surface area contributed by atoms with Crippen molar-refractivity contribution in [2.75, 3.05) is 30.3 Å². The van der Waals surface area contributed by atoms with Crippen LogP contribution in [0.4, 0.5) is 11.4 Å². The molecule has 0 atom stereocenters. The fraction of sp³-hybridized carbons (Fsp3) is 0.316. The molecule has 0 heterocycles. The lowest BCUT2D eigenvalue weighted by molar-refractivity contribution is -0.384. The van der Waals surface area contributed by atoms with E-state index in [1.54, 1.807) is 0 Å². The van der Waals surface area contributed by atoms with E-state index in [0.29, 0.717) is 5.75 Å². The lowest BCUT2D eigenvalue weighted by Gasteiger charge is -2.21. The summed E-state index contributed by atoms with van der Waals surface area (Å²) in [6.45, 7) is 3.80. The van der Waals surface area contributed by atoms with Crippen molar-refractivity contribution in [3.05, 3.63) is 63.7 Å². The predicted molar refractivity (Wildman–Crippen MR) is 110 cm³/mol. The molecule has 2 aromatic carbocycles. The average molecular weight is 421 g/mol. The van der Waals surface area contributed by atoms with E-state index in [-0.39, 0.29) is 24.5 Å². The standard InChI is InChI=1S/C19H23N3O6S/c1-14-7-8-18(15(2)11-14)28-10-9-20-19(23)13-21(29(3,26)27)16-5-4-6-17(12-16)22(24)25/h4-8,11-12H,9-10,13H2,1-3H3,(H,20,23). The summed E-state index contributed by atoms with van der Waals surface area (Å²) in [5, 5.41) is 13.5. The van der Waals surface area contributed by atoms with Gasteiger partial charge in [0.05, 0.1) is 23.4 Å². The molecule has 0 radical (unpaired) electrons. The number of benzene rings is 2. The molecule has 0 aromatic heterocycles. The molecule has 0 fully saturated rings. The summed E-state index contributed by atoms with van der Waals surface area (Å²) in [4.78, 5) is 22.5. The summed E-state index contributed by atoms with van der Waals surface area (Å²) >= 11 is 0. The Morgan fingerprint density at radius 3 is 2.55 bits per heavy atom. The average Bonchev–Trinajstić information content (AvgIpc) is 2.64. The number of amides is 1. The van der Waals surface area contributed by atoms with Crippen LogP contribution in [0.3, 0.4) is 0 Å². The highest BCUT2D eigenvalue weighted by molar-refractivity contribution is 7.92. The van der Waals surface area contributed by atoms with Gasteiger partial charge in [0.1, 0.15) is 18.9 Å². The first-order valence-corrected chi connectivity index (χ1v) is 10.6. The zero-order valence-electron chi connectivity index (χ0n) is 16.4. The number of non-ortho nitro benzene ring substituents is 1. The van der Waals surface area contributed by atoms with Gasteiger partial charge in [-0.1, -0.05) is 23.8 Å². The normalized spacial score (nSPS) is 11.0. The third-order valence-corrected chi connectivity index (χ3v) is 5.17. The van der Waals surface area contributed by atoms with Crippen LogP contribution in [0.5, 0.6) is 5.75 Å². The molecule has 0 saturated carbocycles. The second kappa shape index (κ2) is 9.37. The highest BCUT2D eigenvalue weighted by Crippen LogP contribution is 2.23. The summed E-state index contributed by atoms with van der Waals surface area (Å²) in [6.07, 6.45) is 0.933. The molecule has 10 heteroatoms. The maximum atomic E-state index is 12.2. The van der Waals surface area contributed by atoms with E-state index in [9.17, 15) is 23.3 Å². The fourth-order valence-corrected chi connectivity index (χ4v) is 3.51. The quantitative estimate of drug-likeness (QED) is 0.377. The summed E-state index contributed by atoms with van der Waals surface area (Å²) in [5.74, 6) is 0.158. The second-order valence-electron chi connectivity index (χ2n) is 6.51. The molecule has 0 bridgehead atoms. The number of carbonyl (C=O) groups excluding carboxylic acids is 1. The van der Waals surface area contributed by atoms with Gasteiger partial charge in [-0.15, -0.1) is 0 Å². The van der Waals surface area contributed by atoms with Crippen LogP contribution >= 0.6 is 0 Å². The molecule has 1 amide bonds. The van der Waals surface area contributed by atoms with E-state index in [1.807, 2.05) is 32.0 Å². The molecule has 2 aromatic rings. The van der Waals surface area contributed by atoms with Crippen molar-refractivity contribution < 1.29 is 22.9 Å². The van der Waals surface area contributed by atoms with E-state index < -0.39 is 27.4 Å². The van der Waals surface area contributed by atoms with Gasteiger partial charge >= 0.3 is 0 Å². The van der Waals surface area contributed by atoms with Gasteiger partial charge in [-0.05, 0) is 31.5 Å². The number of anilines is 1. The van der Waals surface area contributed by atoms with Crippen LogP contribution in [-0.2, 0) is 14.8 Å². The molecule has 156 valence electrons. The monoisotopic (exact) mass is 421 g/mol. The van der Waals surface area contributed by atoms with Gasteiger partial charge in [0.25, 0.3) is 5.69 Å². The minimum Gasteiger partial charge on any atom is -0.491 e. The highest BCUT2D eigenvalue weighted by Gasteiger charge is 2.22.